The van der Waals surface area contributed by atoms with Crippen LogP contribution in [0.4, 0.5) is 5.69 Å². The van der Waals surface area contributed by atoms with E-state index in [1.54, 1.807) is 0 Å². The van der Waals surface area contributed by atoms with Crippen molar-refractivity contribution >= 4 is 21.6 Å². The first-order valence-electron chi connectivity index (χ1n) is 7.07. The SMILES string of the molecule is CCC1CCC(c2noc(-c3cccc(Br)c3N)n2)C1. The molecule has 0 saturated heterocycles. The average Bonchev–Trinajstić information content (AvgIpc) is 3.09. The van der Waals surface area contributed by atoms with Crippen LogP contribution >= 0.6 is 15.9 Å². The number of para-hydroxylation sites is 1. The van der Waals surface area contributed by atoms with Crippen molar-refractivity contribution in [2.45, 2.75) is 38.5 Å². The van der Waals surface area contributed by atoms with E-state index in [-0.39, 0.29) is 0 Å². The molecule has 1 heterocycles. The van der Waals surface area contributed by atoms with Gasteiger partial charge in [-0.3, -0.25) is 0 Å². The third kappa shape index (κ3) is 2.46. The smallest absolute Gasteiger partial charge is 0.260 e. The normalized spacial score (nSPS) is 22.3. The lowest BCUT2D eigenvalue weighted by atomic mass is 10.0. The lowest BCUT2D eigenvalue weighted by molar-refractivity contribution is 0.414. The molecule has 0 aliphatic heterocycles. The van der Waals surface area contributed by atoms with E-state index in [0.29, 0.717) is 17.5 Å². The number of nitrogen functional groups attached to an aromatic ring is 1. The predicted octanol–water partition coefficient (Wildman–Crippen LogP) is 4.38. The Bertz CT molecular complexity index is 611. The maximum atomic E-state index is 6.05. The van der Waals surface area contributed by atoms with Gasteiger partial charge in [0.25, 0.3) is 5.89 Å². The van der Waals surface area contributed by atoms with Gasteiger partial charge in [-0.05, 0) is 53.2 Å². The van der Waals surface area contributed by atoms with Crippen LogP contribution in [0.2, 0.25) is 0 Å². The zero-order valence-electron chi connectivity index (χ0n) is 11.5. The van der Waals surface area contributed by atoms with Crippen molar-refractivity contribution in [2.75, 3.05) is 5.73 Å². The molecular formula is C15H18BrN3O. The zero-order chi connectivity index (χ0) is 14.1. The lowest BCUT2D eigenvalue weighted by Crippen LogP contribution is -1.97. The monoisotopic (exact) mass is 335 g/mol. The molecule has 0 radical (unpaired) electrons. The minimum absolute atomic E-state index is 0.436. The van der Waals surface area contributed by atoms with Crippen LogP contribution in [0.1, 0.15) is 44.3 Å². The third-order valence-electron chi connectivity index (χ3n) is 4.21. The summed E-state index contributed by atoms with van der Waals surface area (Å²) < 4.78 is 6.25. The number of hydrogen-bond donors (Lipinski definition) is 1. The van der Waals surface area contributed by atoms with Gasteiger partial charge in [-0.25, -0.2) is 0 Å². The first-order chi connectivity index (χ1) is 9.69. The molecule has 2 unspecified atom stereocenters. The zero-order valence-corrected chi connectivity index (χ0v) is 13.1. The molecular weight excluding hydrogens is 318 g/mol. The molecule has 2 N–H and O–H groups in total. The summed E-state index contributed by atoms with van der Waals surface area (Å²) in [5.41, 5.74) is 7.48. The number of halogens is 1. The fraction of sp³-hybridized carbons (Fsp3) is 0.467. The van der Waals surface area contributed by atoms with Gasteiger partial charge in [0.05, 0.1) is 11.3 Å². The summed E-state index contributed by atoms with van der Waals surface area (Å²) in [4.78, 5) is 4.55. The van der Waals surface area contributed by atoms with Crippen molar-refractivity contribution in [3.05, 3.63) is 28.5 Å². The van der Waals surface area contributed by atoms with E-state index in [4.69, 9.17) is 10.3 Å². The second kappa shape index (κ2) is 5.56. The first-order valence-corrected chi connectivity index (χ1v) is 7.86. The highest BCUT2D eigenvalue weighted by atomic mass is 79.9. The van der Waals surface area contributed by atoms with Gasteiger partial charge in [-0.15, -0.1) is 0 Å². The molecule has 0 amide bonds. The fourth-order valence-corrected chi connectivity index (χ4v) is 3.28. The number of nitrogens with zero attached hydrogens (tertiary/aromatic N) is 2. The molecule has 1 aliphatic carbocycles. The standard InChI is InChI=1S/C15H18BrN3O/c1-2-9-6-7-10(8-9)14-18-15(20-19-14)11-4-3-5-12(16)13(11)17/h3-5,9-10H,2,6-8,17H2,1H3. The molecule has 20 heavy (non-hydrogen) atoms. The van der Waals surface area contributed by atoms with Gasteiger partial charge in [0, 0.05) is 10.4 Å². The van der Waals surface area contributed by atoms with Crippen LogP contribution < -0.4 is 5.73 Å². The Morgan fingerprint density at radius 2 is 2.25 bits per heavy atom. The minimum Gasteiger partial charge on any atom is -0.397 e. The van der Waals surface area contributed by atoms with Crippen molar-refractivity contribution in [1.82, 2.24) is 10.1 Å². The summed E-state index contributed by atoms with van der Waals surface area (Å²) in [6.45, 7) is 2.25. The molecule has 1 saturated carbocycles. The lowest BCUT2D eigenvalue weighted by Gasteiger charge is -2.04. The highest BCUT2D eigenvalue weighted by Crippen LogP contribution is 2.39. The summed E-state index contributed by atoms with van der Waals surface area (Å²) in [5, 5.41) is 4.16. The molecule has 0 spiro atoms. The van der Waals surface area contributed by atoms with Crippen molar-refractivity contribution in [3.63, 3.8) is 0 Å². The van der Waals surface area contributed by atoms with Crippen LogP contribution in [0.3, 0.4) is 0 Å². The topological polar surface area (TPSA) is 64.9 Å². The molecule has 2 atom stereocenters. The predicted molar refractivity (Wildman–Crippen MR) is 82.2 cm³/mol. The van der Waals surface area contributed by atoms with Gasteiger partial charge >= 0.3 is 0 Å². The van der Waals surface area contributed by atoms with E-state index in [9.17, 15) is 0 Å². The van der Waals surface area contributed by atoms with Crippen molar-refractivity contribution in [3.8, 4) is 11.5 Å². The summed E-state index contributed by atoms with van der Waals surface area (Å²) in [7, 11) is 0. The highest BCUT2D eigenvalue weighted by Gasteiger charge is 2.28. The van der Waals surface area contributed by atoms with Gasteiger partial charge in [0.15, 0.2) is 5.82 Å². The summed E-state index contributed by atoms with van der Waals surface area (Å²) in [6, 6.07) is 5.72. The Labute approximate surface area is 126 Å². The molecule has 2 aromatic rings. The molecule has 1 aromatic carbocycles. The maximum Gasteiger partial charge on any atom is 0.260 e. The van der Waals surface area contributed by atoms with E-state index >= 15 is 0 Å². The van der Waals surface area contributed by atoms with Gasteiger partial charge in [0.1, 0.15) is 0 Å². The number of hydrogen-bond acceptors (Lipinski definition) is 4. The molecule has 0 bridgehead atoms. The van der Waals surface area contributed by atoms with E-state index in [0.717, 1.165) is 28.2 Å². The number of benzene rings is 1. The molecule has 106 valence electrons. The van der Waals surface area contributed by atoms with E-state index in [2.05, 4.69) is 33.0 Å². The van der Waals surface area contributed by atoms with Crippen molar-refractivity contribution in [1.29, 1.82) is 0 Å². The summed E-state index contributed by atoms with van der Waals surface area (Å²) in [6.07, 6.45) is 4.83. The average molecular weight is 336 g/mol. The van der Waals surface area contributed by atoms with Crippen molar-refractivity contribution in [2.24, 2.45) is 5.92 Å². The minimum atomic E-state index is 0.436. The molecule has 1 fully saturated rings. The Morgan fingerprint density at radius 1 is 1.40 bits per heavy atom. The molecule has 3 rings (SSSR count). The van der Waals surface area contributed by atoms with Crippen LogP contribution in [0, 0.1) is 5.92 Å². The molecule has 1 aliphatic rings. The van der Waals surface area contributed by atoms with E-state index in [1.165, 1.54) is 19.3 Å². The summed E-state index contributed by atoms with van der Waals surface area (Å²) >= 11 is 3.42. The second-order valence-electron chi connectivity index (χ2n) is 5.44. The quantitative estimate of drug-likeness (QED) is 0.845. The Kier molecular flexibility index (Phi) is 3.78. The Morgan fingerprint density at radius 3 is 3.00 bits per heavy atom. The number of nitrogens with two attached hydrogens (primary N) is 1. The first kappa shape index (κ1) is 13.6. The molecule has 4 nitrogen and oxygen atoms in total. The Hall–Kier alpha value is -1.36. The Balaban J connectivity index is 1.85. The highest BCUT2D eigenvalue weighted by molar-refractivity contribution is 9.10. The van der Waals surface area contributed by atoms with Gasteiger partial charge in [-0.2, -0.15) is 4.98 Å². The van der Waals surface area contributed by atoms with Gasteiger partial charge in [0.2, 0.25) is 0 Å². The second-order valence-corrected chi connectivity index (χ2v) is 6.30. The molecule has 1 aromatic heterocycles. The van der Waals surface area contributed by atoms with Crippen LogP contribution in [0.5, 0.6) is 0 Å². The third-order valence-corrected chi connectivity index (χ3v) is 4.90. The summed E-state index contributed by atoms with van der Waals surface area (Å²) in [5.74, 6) is 2.58. The number of rotatable bonds is 3. The number of aromatic nitrogens is 2. The van der Waals surface area contributed by atoms with Gasteiger partial charge in [-0.1, -0.05) is 24.6 Å². The van der Waals surface area contributed by atoms with E-state index in [1.807, 2.05) is 18.2 Å². The largest absolute Gasteiger partial charge is 0.397 e. The van der Waals surface area contributed by atoms with Crippen LogP contribution in [0.25, 0.3) is 11.5 Å². The van der Waals surface area contributed by atoms with E-state index < -0.39 is 0 Å². The molecule has 5 heteroatoms. The van der Waals surface area contributed by atoms with Crippen LogP contribution in [0.15, 0.2) is 27.2 Å². The van der Waals surface area contributed by atoms with Crippen LogP contribution in [-0.2, 0) is 0 Å². The fourth-order valence-electron chi connectivity index (χ4n) is 2.91. The maximum absolute atomic E-state index is 6.05. The number of anilines is 1. The van der Waals surface area contributed by atoms with Crippen molar-refractivity contribution < 1.29 is 4.52 Å². The van der Waals surface area contributed by atoms with Gasteiger partial charge < -0.3 is 10.3 Å². The van der Waals surface area contributed by atoms with Crippen LogP contribution in [-0.4, -0.2) is 10.1 Å².